The Morgan fingerprint density at radius 2 is 1.88 bits per heavy atom. The van der Waals surface area contributed by atoms with Crippen LogP contribution in [0.2, 0.25) is 0 Å². The molecule has 1 heterocycles. The molecule has 2 amide bonds. The topological polar surface area (TPSA) is 70.7 Å². The molecule has 0 atom stereocenters. The molecule has 0 aliphatic carbocycles. The fourth-order valence-electron chi connectivity index (χ4n) is 2.57. The maximum atomic E-state index is 12.4. The highest BCUT2D eigenvalue weighted by Gasteiger charge is 2.16. The normalized spacial score (nSPS) is 12.8. The molecule has 0 unspecified atom stereocenters. The number of benzene rings is 2. The smallest absolute Gasteiger partial charge is 0.255 e. The van der Waals surface area contributed by atoms with Crippen LogP contribution in [-0.2, 0) is 4.79 Å². The number of fused-ring (bicyclic) bond motifs is 1. The van der Waals surface area contributed by atoms with E-state index < -0.39 is 0 Å². The predicted molar refractivity (Wildman–Crippen MR) is 93.9 cm³/mol. The summed E-state index contributed by atoms with van der Waals surface area (Å²) in [4.78, 5) is 25.6. The van der Waals surface area contributed by atoms with E-state index in [1.165, 1.54) is 6.92 Å². The van der Waals surface area contributed by atoms with Crippen molar-refractivity contribution in [3.8, 4) is 5.75 Å². The molecule has 2 aromatic rings. The van der Waals surface area contributed by atoms with Crippen LogP contribution in [0.1, 0.15) is 17.3 Å². The van der Waals surface area contributed by atoms with E-state index in [0.717, 1.165) is 18.0 Å². The number of nitrogens with one attached hydrogen (secondary N) is 2. The number of rotatable bonds is 3. The van der Waals surface area contributed by atoms with Crippen molar-refractivity contribution < 1.29 is 14.3 Å². The monoisotopic (exact) mass is 325 g/mol. The Morgan fingerprint density at radius 1 is 1.08 bits per heavy atom. The van der Waals surface area contributed by atoms with Gasteiger partial charge in [0.1, 0.15) is 12.4 Å². The van der Waals surface area contributed by atoms with Gasteiger partial charge in [0, 0.05) is 30.9 Å². The van der Waals surface area contributed by atoms with Gasteiger partial charge in [-0.15, -0.1) is 0 Å². The number of likely N-dealkylation sites (N-methyl/N-ethyl adjacent to an activating group) is 1. The van der Waals surface area contributed by atoms with Crippen LogP contribution in [0.15, 0.2) is 42.5 Å². The Morgan fingerprint density at radius 3 is 2.67 bits per heavy atom. The first kappa shape index (κ1) is 15.9. The van der Waals surface area contributed by atoms with Crippen LogP contribution >= 0.6 is 0 Å². The number of ether oxygens (including phenoxy) is 1. The van der Waals surface area contributed by atoms with Gasteiger partial charge in [-0.2, -0.15) is 0 Å². The number of carbonyl (C=O) groups excluding carboxylic acids is 2. The van der Waals surface area contributed by atoms with Crippen LogP contribution in [0, 0.1) is 0 Å². The lowest BCUT2D eigenvalue weighted by molar-refractivity contribution is -0.114. The van der Waals surface area contributed by atoms with Gasteiger partial charge in [0.25, 0.3) is 5.91 Å². The van der Waals surface area contributed by atoms with Crippen molar-refractivity contribution in [3.63, 3.8) is 0 Å². The van der Waals surface area contributed by atoms with E-state index in [4.69, 9.17) is 4.74 Å². The van der Waals surface area contributed by atoms with Crippen molar-refractivity contribution in [2.45, 2.75) is 6.92 Å². The van der Waals surface area contributed by atoms with Crippen molar-refractivity contribution >= 4 is 28.9 Å². The van der Waals surface area contributed by atoms with Crippen molar-refractivity contribution in [2.24, 2.45) is 0 Å². The van der Waals surface area contributed by atoms with Gasteiger partial charge in [-0.25, -0.2) is 0 Å². The predicted octanol–water partition coefficient (Wildman–Crippen LogP) is 2.73. The van der Waals surface area contributed by atoms with E-state index in [0.29, 0.717) is 23.5 Å². The van der Waals surface area contributed by atoms with Crippen LogP contribution in [0.5, 0.6) is 5.75 Å². The molecule has 0 saturated carbocycles. The summed E-state index contributed by atoms with van der Waals surface area (Å²) >= 11 is 0. The Kier molecular flexibility index (Phi) is 4.37. The molecule has 0 saturated heterocycles. The van der Waals surface area contributed by atoms with Crippen molar-refractivity contribution in [1.29, 1.82) is 0 Å². The zero-order valence-corrected chi connectivity index (χ0v) is 13.6. The van der Waals surface area contributed by atoms with Gasteiger partial charge < -0.3 is 20.3 Å². The highest BCUT2D eigenvalue weighted by molar-refractivity contribution is 6.05. The van der Waals surface area contributed by atoms with Crippen LogP contribution < -0.4 is 20.3 Å². The summed E-state index contributed by atoms with van der Waals surface area (Å²) in [5.74, 6) is 0.404. The van der Waals surface area contributed by atoms with Crippen LogP contribution in [-0.4, -0.2) is 32.0 Å². The van der Waals surface area contributed by atoms with E-state index in [9.17, 15) is 9.59 Å². The molecule has 124 valence electrons. The van der Waals surface area contributed by atoms with Crippen LogP contribution in [0.3, 0.4) is 0 Å². The lowest BCUT2D eigenvalue weighted by Gasteiger charge is -2.28. The number of hydrogen-bond donors (Lipinski definition) is 2. The van der Waals surface area contributed by atoms with Crippen molar-refractivity contribution in [1.82, 2.24) is 0 Å². The molecule has 0 radical (unpaired) electrons. The molecular formula is C18H19N3O3. The molecule has 0 aromatic heterocycles. The minimum absolute atomic E-state index is 0.176. The largest absolute Gasteiger partial charge is 0.490 e. The molecule has 6 nitrogen and oxygen atoms in total. The Labute approximate surface area is 140 Å². The van der Waals surface area contributed by atoms with Gasteiger partial charge in [0.2, 0.25) is 5.91 Å². The number of hydrogen-bond acceptors (Lipinski definition) is 4. The first-order chi connectivity index (χ1) is 11.5. The summed E-state index contributed by atoms with van der Waals surface area (Å²) in [5, 5.41) is 5.54. The summed E-state index contributed by atoms with van der Waals surface area (Å²) in [6, 6.07) is 12.4. The summed E-state index contributed by atoms with van der Waals surface area (Å²) in [5.41, 5.74) is 2.71. The number of carbonyl (C=O) groups is 2. The van der Waals surface area contributed by atoms with E-state index in [1.807, 2.05) is 25.2 Å². The lowest BCUT2D eigenvalue weighted by Crippen LogP contribution is -2.28. The van der Waals surface area contributed by atoms with Gasteiger partial charge >= 0.3 is 0 Å². The fraction of sp³-hybridized carbons (Fsp3) is 0.222. The van der Waals surface area contributed by atoms with Crippen molar-refractivity contribution in [3.05, 3.63) is 48.0 Å². The quantitative estimate of drug-likeness (QED) is 0.910. The van der Waals surface area contributed by atoms with Crippen molar-refractivity contribution in [2.75, 3.05) is 35.7 Å². The highest BCUT2D eigenvalue weighted by atomic mass is 16.5. The number of anilines is 3. The van der Waals surface area contributed by atoms with E-state index in [2.05, 4.69) is 15.5 Å². The molecule has 0 spiro atoms. The van der Waals surface area contributed by atoms with E-state index >= 15 is 0 Å². The summed E-state index contributed by atoms with van der Waals surface area (Å²) in [6.07, 6.45) is 0. The first-order valence-corrected chi connectivity index (χ1v) is 7.70. The third-order valence-corrected chi connectivity index (χ3v) is 3.76. The Balaban J connectivity index is 1.77. The lowest BCUT2D eigenvalue weighted by atomic mass is 10.1. The molecule has 6 heteroatoms. The zero-order valence-electron chi connectivity index (χ0n) is 13.6. The van der Waals surface area contributed by atoms with Gasteiger partial charge in [0.15, 0.2) is 0 Å². The van der Waals surface area contributed by atoms with Gasteiger partial charge in [0.05, 0.1) is 12.2 Å². The second kappa shape index (κ2) is 6.62. The maximum absolute atomic E-state index is 12.4. The van der Waals surface area contributed by atoms with Gasteiger partial charge in [-0.1, -0.05) is 6.07 Å². The van der Waals surface area contributed by atoms with Gasteiger partial charge in [-0.3, -0.25) is 9.59 Å². The molecule has 2 N–H and O–H groups in total. The zero-order chi connectivity index (χ0) is 17.1. The third-order valence-electron chi connectivity index (χ3n) is 3.76. The maximum Gasteiger partial charge on any atom is 0.255 e. The Hall–Kier alpha value is -3.02. The summed E-state index contributed by atoms with van der Waals surface area (Å²) in [7, 11) is 1.99. The highest BCUT2D eigenvalue weighted by Crippen LogP contribution is 2.33. The first-order valence-electron chi connectivity index (χ1n) is 7.70. The molecule has 2 aromatic carbocycles. The second-order valence-corrected chi connectivity index (χ2v) is 5.67. The standard InChI is InChI=1S/C18H19N3O3/c1-12(22)19-14-5-3-4-13(10-14)18(23)20-15-6-7-17-16(11-15)21(2)8-9-24-17/h3-7,10-11H,8-9H2,1-2H3,(H,19,22)(H,20,23). The molecule has 1 aliphatic rings. The minimum atomic E-state index is -0.235. The average molecular weight is 325 g/mol. The summed E-state index contributed by atoms with van der Waals surface area (Å²) < 4.78 is 5.60. The number of amides is 2. The SMILES string of the molecule is CC(=O)Nc1cccc(C(=O)Nc2ccc3c(c2)N(C)CCO3)c1. The minimum Gasteiger partial charge on any atom is -0.490 e. The average Bonchev–Trinajstić information content (AvgIpc) is 2.55. The Bertz CT molecular complexity index is 789. The third kappa shape index (κ3) is 3.48. The number of nitrogens with zero attached hydrogens (tertiary/aromatic N) is 1. The summed E-state index contributed by atoms with van der Waals surface area (Å²) in [6.45, 7) is 2.90. The molecule has 24 heavy (non-hydrogen) atoms. The van der Waals surface area contributed by atoms with Crippen LogP contribution in [0.4, 0.5) is 17.1 Å². The van der Waals surface area contributed by atoms with E-state index in [-0.39, 0.29) is 11.8 Å². The molecule has 3 rings (SSSR count). The molecular weight excluding hydrogens is 306 g/mol. The van der Waals surface area contributed by atoms with E-state index in [1.54, 1.807) is 24.3 Å². The second-order valence-electron chi connectivity index (χ2n) is 5.67. The molecule has 0 bridgehead atoms. The van der Waals surface area contributed by atoms with Crippen LogP contribution in [0.25, 0.3) is 0 Å². The molecule has 0 fully saturated rings. The molecule has 1 aliphatic heterocycles. The fourth-order valence-corrected chi connectivity index (χ4v) is 2.57. The van der Waals surface area contributed by atoms with Gasteiger partial charge in [-0.05, 0) is 36.4 Å².